The van der Waals surface area contributed by atoms with Gasteiger partial charge in [-0.1, -0.05) is 0 Å². The van der Waals surface area contributed by atoms with Gasteiger partial charge in [-0.15, -0.1) is 0 Å². The number of nitrogens with zero attached hydrogens (tertiary/aromatic N) is 2. The van der Waals surface area contributed by atoms with E-state index in [-0.39, 0.29) is 40.9 Å². The van der Waals surface area contributed by atoms with E-state index < -0.39 is 17.8 Å². The molecule has 1 aromatic rings. The van der Waals surface area contributed by atoms with Crippen molar-refractivity contribution in [1.82, 2.24) is 20.4 Å². The van der Waals surface area contributed by atoms with Gasteiger partial charge in [0, 0.05) is 18.5 Å². The molecule has 6 nitrogen and oxygen atoms in total. The monoisotopic (exact) mass is 424 g/mol. The number of hydrogen-bond acceptors (Lipinski definition) is 3. The zero-order valence-electron chi connectivity index (χ0n) is 17.0. The predicted octanol–water partition coefficient (Wildman–Crippen LogP) is 3.44. The van der Waals surface area contributed by atoms with E-state index in [0.717, 1.165) is 49.4 Å². The Kier molecular flexibility index (Phi) is 4.45. The van der Waals surface area contributed by atoms with Crippen LogP contribution in [-0.4, -0.2) is 33.2 Å². The van der Waals surface area contributed by atoms with Crippen molar-refractivity contribution in [3.63, 3.8) is 0 Å². The van der Waals surface area contributed by atoms with Crippen molar-refractivity contribution < 1.29 is 22.8 Å². The molecule has 0 saturated heterocycles. The Morgan fingerprint density at radius 2 is 1.83 bits per heavy atom. The van der Waals surface area contributed by atoms with E-state index in [2.05, 4.69) is 15.7 Å². The Labute approximate surface area is 173 Å². The molecule has 2 amide bonds. The summed E-state index contributed by atoms with van der Waals surface area (Å²) in [6.45, 7) is 1.52. The van der Waals surface area contributed by atoms with Gasteiger partial charge in [-0.25, -0.2) is 0 Å². The maximum Gasteiger partial charge on any atom is 0.433 e. The molecule has 30 heavy (non-hydrogen) atoms. The highest BCUT2D eigenvalue weighted by molar-refractivity contribution is 5.95. The minimum absolute atomic E-state index is 0.0456. The van der Waals surface area contributed by atoms with Crippen molar-refractivity contribution in [2.75, 3.05) is 0 Å². The summed E-state index contributed by atoms with van der Waals surface area (Å²) in [6, 6.07) is -0.425. The maximum atomic E-state index is 13.8. The SMILES string of the molecule is CC(=O)NC12CC3C[C@@H](C1)C(NC(=O)c1cnn(C4CCC4)c1C(F)(F)F)[C@@H](C3)C2. The summed E-state index contributed by atoms with van der Waals surface area (Å²) in [4.78, 5) is 24.7. The summed E-state index contributed by atoms with van der Waals surface area (Å²) in [5.41, 5.74) is -1.52. The van der Waals surface area contributed by atoms with Gasteiger partial charge in [0.25, 0.3) is 5.91 Å². The average molecular weight is 424 g/mol. The first-order valence-corrected chi connectivity index (χ1v) is 10.9. The molecule has 5 fully saturated rings. The first-order valence-electron chi connectivity index (χ1n) is 10.9. The molecular formula is C21H27F3N4O2. The lowest BCUT2D eigenvalue weighted by Gasteiger charge is -2.60. The van der Waals surface area contributed by atoms with Gasteiger partial charge in [0.2, 0.25) is 5.91 Å². The lowest BCUT2D eigenvalue weighted by Crippen LogP contribution is -2.66. The summed E-state index contributed by atoms with van der Waals surface area (Å²) in [5.74, 6) is 0.149. The Morgan fingerprint density at radius 3 is 2.37 bits per heavy atom. The minimum atomic E-state index is -4.63. The van der Waals surface area contributed by atoms with Gasteiger partial charge in [0.05, 0.1) is 17.8 Å². The van der Waals surface area contributed by atoms with Crippen LogP contribution in [0.5, 0.6) is 0 Å². The fraction of sp³-hybridized carbons (Fsp3) is 0.762. The van der Waals surface area contributed by atoms with E-state index >= 15 is 0 Å². The highest BCUT2D eigenvalue weighted by Gasteiger charge is 2.56. The summed E-state index contributed by atoms with van der Waals surface area (Å²) >= 11 is 0. The number of aromatic nitrogens is 2. The van der Waals surface area contributed by atoms with Gasteiger partial charge in [-0.05, 0) is 69.1 Å². The molecular weight excluding hydrogens is 397 g/mol. The topological polar surface area (TPSA) is 76.0 Å². The second kappa shape index (κ2) is 6.72. The quantitative estimate of drug-likeness (QED) is 0.778. The number of hydrogen-bond donors (Lipinski definition) is 2. The summed E-state index contributed by atoms with van der Waals surface area (Å²) in [6.07, 6.45) is 3.07. The van der Waals surface area contributed by atoms with Crippen LogP contribution in [0.25, 0.3) is 0 Å². The zero-order valence-corrected chi connectivity index (χ0v) is 17.0. The van der Waals surface area contributed by atoms with Crippen molar-refractivity contribution in [2.24, 2.45) is 17.8 Å². The summed E-state index contributed by atoms with van der Waals surface area (Å²) in [7, 11) is 0. The lowest BCUT2D eigenvalue weighted by molar-refractivity contribution is -0.146. The molecule has 1 heterocycles. The van der Waals surface area contributed by atoms with E-state index in [1.807, 2.05) is 0 Å². The standard InChI is InChI=1S/C21H27F3N4O2/c1-11(29)27-20-7-12-5-13(8-20)17(14(6-12)9-20)26-19(30)16-10-25-28(15-3-2-4-15)18(16)21(22,23)24/h10,12-15,17H,2-9H2,1H3,(H,26,30)(H,27,29)/t12?,13-,14-,17?,20?/m0/s1. The molecule has 1 aromatic heterocycles. The minimum Gasteiger partial charge on any atom is -0.351 e. The smallest absolute Gasteiger partial charge is 0.351 e. The van der Waals surface area contributed by atoms with Crippen LogP contribution in [0.2, 0.25) is 0 Å². The van der Waals surface area contributed by atoms with Crippen LogP contribution in [0.3, 0.4) is 0 Å². The van der Waals surface area contributed by atoms with Gasteiger partial charge < -0.3 is 10.6 Å². The molecule has 5 aliphatic rings. The molecule has 4 bridgehead atoms. The molecule has 5 saturated carbocycles. The van der Waals surface area contributed by atoms with E-state index in [0.29, 0.717) is 18.8 Å². The van der Waals surface area contributed by atoms with Crippen molar-refractivity contribution in [3.05, 3.63) is 17.5 Å². The second-order valence-corrected chi connectivity index (χ2v) is 9.86. The van der Waals surface area contributed by atoms with Gasteiger partial charge in [0.15, 0.2) is 5.69 Å². The first kappa shape index (κ1) is 19.9. The van der Waals surface area contributed by atoms with Crippen molar-refractivity contribution in [3.8, 4) is 0 Å². The molecule has 164 valence electrons. The summed E-state index contributed by atoms with van der Waals surface area (Å²) in [5, 5.41) is 10.0. The fourth-order valence-electron chi connectivity index (χ4n) is 6.73. The van der Waals surface area contributed by atoms with Gasteiger partial charge in [0.1, 0.15) is 0 Å². The molecule has 5 aliphatic carbocycles. The Bertz CT molecular complexity index is 860. The molecule has 0 aliphatic heterocycles. The van der Waals surface area contributed by atoms with E-state index in [1.165, 1.54) is 6.92 Å². The second-order valence-electron chi connectivity index (χ2n) is 9.86. The predicted molar refractivity (Wildman–Crippen MR) is 101 cm³/mol. The highest BCUT2D eigenvalue weighted by atomic mass is 19.4. The Morgan fingerprint density at radius 1 is 1.17 bits per heavy atom. The largest absolute Gasteiger partial charge is 0.433 e. The molecule has 0 aromatic carbocycles. The van der Waals surface area contributed by atoms with Crippen LogP contribution in [0.1, 0.15) is 80.4 Å². The number of amides is 2. The van der Waals surface area contributed by atoms with Gasteiger partial charge in [-0.3, -0.25) is 14.3 Å². The fourth-order valence-corrected chi connectivity index (χ4v) is 6.73. The number of rotatable bonds is 4. The van der Waals surface area contributed by atoms with Crippen LogP contribution in [0.4, 0.5) is 13.2 Å². The molecule has 9 heteroatoms. The highest BCUT2D eigenvalue weighted by Crippen LogP contribution is 2.55. The van der Waals surface area contributed by atoms with E-state index in [9.17, 15) is 22.8 Å². The van der Waals surface area contributed by atoms with Crippen LogP contribution < -0.4 is 10.6 Å². The van der Waals surface area contributed by atoms with Crippen LogP contribution in [0, 0.1) is 17.8 Å². The maximum absolute atomic E-state index is 13.8. The number of carbonyl (C=O) groups is 2. The van der Waals surface area contributed by atoms with E-state index in [1.54, 1.807) is 0 Å². The zero-order chi connectivity index (χ0) is 21.3. The Hall–Kier alpha value is -2.06. The normalized spacial score (nSPS) is 35.2. The number of carbonyl (C=O) groups excluding carboxylic acids is 2. The molecule has 0 unspecified atom stereocenters. The third kappa shape index (κ3) is 3.21. The third-order valence-electron chi connectivity index (χ3n) is 7.74. The summed E-state index contributed by atoms with van der Waals surface area (Å²) < 4.78 is 42.3. The molecule has 2 N–H and O–H groups in total. The molecule has 2 atom stereocenters. The van der Waals surface area contributed by atoms with Crippen molar-refractivity contribution >= 4 is 11.8 Å². The first-order chi connectivity index (χ1) is 14.2. The van der Waals surface area contributed by atoms with Crippen LogP contribution >= 0.6 is 0 Å². The molecule has 0 radical (unpaired) electrons. The molecule has 0 spiro atoms. The number of halogens is 3. The van der Waals surface area contributed by atoms with Crippen LogP contribution in [-0.2, 0) is 11.0 Å². The molecule has 6 rings (SSSR count). The number of alkyl halides is 3. The van der Waals surface area contributed by atoms with Crippen molar-refractivity contribution in [1.29, 1.82) is 0 Å². The number of nitrogens with one attached hydrogen (secondary N) is 2. The van der Waals surface area contributed by atoms with Gasteiger partial charge in [-0.2, -0.15) is 18.3 Å². The lowest BCUT2D eigenvalue weighted by atomic mass is 9.51. The van der Waals surface area contributed by atoms with E-state index in [4.69, 9.17) is 0 Å². The van der Waals surface area contributed by atoms with Crippen molar-refractivity contribution in [2.45, 2.75) is 82.1 Å². The third-order valence-corrected chi connectivity index (χ3v) is 7.74. The Balaban J connectivity index is 1.37. The van der Waals surface area contributed by atoms with Gasteiger partial charge >= 0.3 is 6.18 Å². The average Bonchev–Trinajstić information content (AvgIpc) is 2.99. The van der Waals surface area contributed by atoms with Crippen LogP contribution in [0.15, 0.2) is 6.20 Å².